The van der Waals surface area contributed by atoms with Crippen molar-refractivity contribution in [2.24, 2.45) is 5.92 Å². The largest absolute Gasteiger partial charge is 0.493 e. The van der Waals surface area contributed by atoms with Crippen LogP contribution in [0.15, 0.2) is 36.7 Å². The summed E-state index contributed by atoms with van der Waals surface area (Å²) in [6, 6.07) is 8.00. The summed E-state index contributed by atoms with van der Waals surface area (Å²) in [7, 11) is 0. The molecule has 1 aromatic carbocycles. The summed E-state index contributed by atoms with van der Waals surface area (Å²) in [5.74, 6) is 2.25. The first kappa shape index (κ1) is 15.5. The Labute approximate surface area is 127 Å². The van der Waals surface area contributed by atoms with Gasteiger partial charge in [0.05, 0.1) is 6.61 Å². The van der Waals surface area contributed by atoms with Crippen molar-refractivity contribution >= 4 is 0 Å². The first-order chi connectivity index (χ1) is 10.2. The van der Waals surface area contributed by atoms with Gasteiger partial charge in [0, 0.05) is 18.0 Å². The van der Waals surface area contributed by atoms with Crippen LogP contribution in [0.2, 0.25) is 0 Å². The summed E-state index contributed by atoms with van der Waals surface area (Å²) in [5, 5.41) is 0. The summed E-state index contributed by atoms with van der Waals surface area (Å²) < 4.78 is 5.76. The zero-order valence-electron chi connectivity index (χ0n) is 13.2. The SMILES string of the molecule is CCCc1cnc(-c2ccc(OCC(C)CC)cc2)nc1. The molecule has 2 rings (SSSR count). The Morgan fingerprint density at radius 3 is 2.29 bits per heavy atom. The van der Waals surface area contributed by atoms with E-state index in [1.807, 2.05) is 36.7 Å². The number of nitrogens with zero attached hydrogens (tertiary/aromatic N) is 2. The fourth-order valence-electron chi connectivity index (χ4n) is 1.98. The highest BCUT2D eigenvalue weighted by atomic mass is 16.5. The van der Waals surface area contributed by atoms with Crippen molar-refractivity contribution in [2.75, 3.05) is 6.61 Å². The van der Waals surface area contributed by atoms with E-state index in [1.54, 1.807) is 0 Å². The van der Waals surface area contributed by atoms with Crippen molar-refractivity contribution in [2.45, 2.75) is 40.0 Å². The molecule has 0 N–H and O–H groups in total. The fraction of sp³-hybridized carbons (Fsp3) is 0.444. The van der Waals surface area contributed by atoms with E-state index < -0.39 is 0 Å². The lowest BCUT2D eigenvalue weighted by Crippen LogP contribution is -2.07. The quantitative estimate of drug-likeness (QED) is 0.749. The molecule has 112 valence electrons. The molecule has 1 atom stereocenters. The Morgan fingerprint density at radius 2 is 1.71 bits per heavy atom. The van der Waals surface area contributed by atoms with E-state index >= 15 is 0 Å². The second-order valence-electron chi connectivity index (χ2n) is 5.51. The minimum atomic E-state index is 0.583. The molecule has 0 radical (unpaired) electrons. The van der Waals surface area contributed by atoms with Crippen LogP contribution in [0.25, 0.3) is 11.4 Å². The lowest BCUT2D eigenvalue weighted by atomic mass is 10.1. The maximum absolute atomic E-state index is 5.76. The van der Waals surface area contributed by atoms with Crippen LogP contribution in [0.1, 0.15) is 39.2 Å². The standard InChI is InChI=1S/C18H24N2O/c1-4-6-15-11-19-18(20-12-15)16-7-9-17(10-8-16)21-13-14(3)5-2/h7-12,14H,4-6,13H2,1-3H3. The van der Waals surface area contributed by atoms with Crippen LogP contribution in [0.5, 0.6) is 5.75 Å². The summed E-state index contributed by atoms with van der Waals surface area (Å²) in [6.45, 7) is 7.29. The van der Waals surface area contributed by atoms with Crippen molar-refractivity contribution < 1.29 is 4.74 Å². The third kappa shape index (κ3) is 4.55. The molecule has 3 nitrogen and oxygen atoms in total. The number of hydrogen-bond donors (Lipinski definition) is 0. The molecule has 21 heavy (non-hydrogen) atoms. The monoisotopic (exact) mass is 284 g/mol. The molecule has 1 heterocycles. The maximum atomic E-state index is 5.76. The molecule has 3 heteroatoms. The van der Waals surface area contributed by atoms with E-state index in [9.17, 15) is 0 Å². The summed E-state index contributed by atoms with van der Waals surface area (Å²) in [4.78, 5) is 8.87. The number of rotatable bonds is 7. The van der Waals surface area contributed by atoms with E-state index in [4.69, 9.17) is 4.74 Å². The molecule has 1 aromatic heterocycles. The highest BCUT2D eigenvalue weighted by Gasteiger charge is 2.04. The van der Waals surface area contributed by atoms with Gasteiger partial charge in [0.25, 0.3) is 0 Å². The zero-order valence-corrected chi connectivity index (χ0v) is 13.2. The summed E-state index contributed by atoms with van der Waals surface area (Å²) in [5.41, 5.74) is 2.21. The van der Waals surface area contributed by atoms with Crippen LogP contribution in [-0.4, -0.2) is 16.6 Å². The number of ether oxygens (including phenoxy) is 1. The van der Waals surface area contributed by atoms with Crippen LogP contribution in [0.4, 0.5) is 0 Å². The molecule has 0 aliphatic rings. The van der Waals surface area contributed by atoms with Crippen LogP contribution in [0.3, 0.4) is 0 Å². The first-order valence-electron chi connectivity index (χ1n) is 7.77. The highest BCUT2D eigenvalue weighted by Crippen LogP contribution is 2.20. The van der Waals surface area contributed by atoms with Gasteiger partial charge in [0.15, 0.2) is 5.82 Å². The van der Waals surface area contributed by atoms with Crippen molar-refractivity contribution in [3.05, 3.63) is 42.2 Å². The number of aryl methyl sites for hydroxylation is 1. The molecule has 0 aliphatic heterocycles. The molecular weight excluding hydrogens is 260 g/mol. The molecule has 0 aliphatic carbocycles. The van der Waals surface area contributed by atoms with Gasteiger partial charge in [-0.2, -0.15) is 0 Å². The lowest BCUT2D eigenvalue weighted by Gasteiger charge is -2.11. The van der Waals surface area contributed by atoms with Gasteiger partial charge >= 0.3 is 0 Å². The second-order valence-corrected chi connectivity index (χ2v) is 5.51. The number of hydrogen-bond acceptors (Lipinski definition) is 3. The minimum Gasteiger partial charge on any atom is -0.493 e. The van der Waals surface area contributed by atoms with Crippen LogP contribution < -0.4 is 4.74 Å². The summed E-state index contributed by atoms with van der Waals surface area (Å²) >= 11 is 0. The Hall–Kier alpha value is -1.90. The van der Waals surface area contributed by atoms with Crippen molar-refractivity contribution in [3.63, 3.8) is 0 Å². The van der Waals surface area contributed by atoms with Gasteiger partial charge in [-0.15, -0.1) is 0 Å². The molecular formula is C18H24N2O. The Balaban J connectivity index is 2.01. The highest BCUT2D eigenvalue weighted by molar-refractivity contribution is 5.55. The molecule has 2 aromatic rings. The van der Waals surface area contributed by atoms with Crippen molar-refractivity contribution in [1.29, 1.82) is 0 Å². The molecule has 0 saturated carbocycles. The smallest absolute Gasteiger partial charge is 0.159 e. The molecule has 0 saturated heterocycles. The average molecular weight is 284 g/mol. The second kappa shape index (κ2) is 7.77. The van der Waals surface area contributed by atoms with E-state index in [2.05, 4.69) is 30.7 Å². The van der Waals surface area contributed by atoms with Crippen molar-refractivity contribution in [3.8, 4) is 17.1 Å². The van der Waals surface area contributed by atoms with E-state index in [0.29, 0.717) is 5.92 Å². The topological polar surface area (TPSA) is 35.0 Å². The minimum absolute atomic E-state index is 0.583. The molecule has 0 amide bonds. The molecule has 1 unspecified atom stereocenters. The Morgan fingerprint density at radius 1 is 1.05 bits per heavy atom. The molecule has 0 spiro atoms. The zero-order chi connectivity index (χ0) is 15.1. The third-order valence-electron chi connectivity index (χ3n) is 3.59. The average Bonchev–Trinajstić information content (AvgIpc) is 2.54. The van der Waals surface area contributed by atoms with Gasteiger partial charge in [-0.05, 0) is 42.2 Å². The van der Waals surface area contributed by atoms with Gasteiger partial charge in [-0.1, -0.05) is 33.6 Å². The van der Waals surface area contributed by atoms with Crippen molar-refractivity contribution in [1.82, 2.24) is 9.97 Å². The van der Waals surface area contributed by atoms with Gasteiger partial charge in [-0.3, -0.25) is 0 Å². The predicted octanol–water partition coefficient (Wildman–Crippen LogP) is 4.52. The number of benzene rings is 1. The van der Waals surface area contributed by atoms with E-state index in [-0.39, 0.29) is 0 Å². The number of aromatic nitrogens is 2. The predicted molar refractivity (Wildman–Crippen MR) is 86.4 cm³/mol. The lowest BCUT2D eigenvalue weighted by molar-refractivity contribution is 0.256. The van der Waals surface area contributed by atoms with E-state index in [1.165, 1.54) is 5.56 Å². The van der Waals surface area contributed by atoms with Gasteiger partial charge in [0.2, 0.25) is 0 Å². The fourth-order valence-corrected chi connectivity index (χ4v) is 1.98. The van der Waals surface area contributed by atoms with Crippen LogP contribution >= 0.6 is 0 Å². The maximum Gasteiger partial charge on any atom is 0.159 e. The summed E-state index contributed by atoms with van der Waals surface area (Å²) in [6.07, 6.45) is 7.11. The van der Waals surface area contributed by atoms with Crippen LogP contribution in [0, 0.1) is 5.92 Å². The molecule has 0 bridgehead atoms. The van der Waals surface area contributed by atoms with Gasteiger partial charge < -0.3 is 4.74 Å². The van der Waals surface area contributed by atoms with E-state index in [0.717, 1.165) is 43.0 Å². The Bertz CT molecular complexity index is 534. The normalized spacial score (nSPS) is 12.1. The van der Waals surface area contributed by atoms with Gasteiger partial charge in [0.1, 0.15) is 5.75 Å². The Kier molecular flexibility index (Phi) is 5.73. The first-order valence-corrected chi connectivity index (χ1v) is 7.77. The molecule has 0 fully saturated rings. The third-order valence-corrected chi connectivity index (χ3v) is 3.59. The van der Waals surface area contributed by atoms with Gasteiger partial charge in [-0.25, -0.2) is 9.97 Å². The van der Waals surface area contributed by atoms with Crippen LogP contribution in [-0.2, 0) is 6.42 Å².